The van der Waals surface area contributed by atoms with Crippen molar-refractivity contribution in [1.82, 2.24) is 19.9 Å². The third-order valence-corrected chi connectivity index (χ3v) is 5.51. The fraction of sp³-hybridized carbons (Fsp3) is 0.450. The van der Waals surface area contributed by atoms with E-state index in [4.69, 9.17) is 11.6 Å². The minimum absolute atomic E-state index is 0.122. The van der Waals surface area contributed by atoms with E-state index in [1.54, 1.807) is 6.07 Å². The van der Waals surface area contributed by atoms with Crippen LogP contribution in [0.25, 0.3) is 11.5 Å². The number of aromatic amines is 1. The van der Waals surface area contributed by atoms with Crippen LogP contribution in [0.2, 0.25) is 5.15 Å². The van der Waals surface area contributed by atoms with Crippen LogP contribution in [0.5, 0.6) is 0 Å². The predicted molar refractivity (Wildman–Crippen MR) is 104 cm³/mol. The zero-order chi connectivity index (χ0) is 19.6. The van der Waals surface area contributed by atoms with Crippen molar-refractivity contribution in [1.29, 1.82) is 0 Å². The number of hydrogen-bond acceptors (Lipinski definition) is 3. The Morgan fingerprint density at radius 1 is 1.48 bits per heavy atom. The second-order valence-corrected chi connectivity index (χ2v) is 7.30. The fourth-order valence-electron chi connectivity index (χ4n) is 3.69. The standard InChI is InChI=1S/C20H24ClFN4O/c1-4-13(5-2)20(27)26-9-8-15(12(3)11-26)17-18(21)25-19(24-17)16-7-6-14(22)10-23-16/h4,6-7,10,12,15H,5,8-9,11H2,1-3H3,(H,24,25)/b13-4-/t12-,15+/m0/s1. The molecule has 3 heterocycles. The number of rotatable bonds is 4. The number of carbonyl (C=O) groups excluding carboxylic acids is 1. The molecule has 0 radical (unpaired) electrons. The van der Waals surface area contributed by atoms with Crippen molar-refractivity contribution >= 4 is 17.5 Å². The topological polar surface area (TPSA) is 61.9 Å². The van der Waals surface area contributed by atoms with Crippen LogP contribution in [0, 0.1) is 11.7 Å². The molecule has 3 rings (SSSR count). The minimum atomic E-state index is -0.394. The lowest BCUT2D eigenvalue weighted by Gasteiger charge is -2.37. The Hall–Kier alpha value is -2.21. The summed E-state index contributed by atoms with van der Waals surface area (Å²) in [4.78, 5) is 26.2. The Labute approximate surface area is 163 Å². The zero-order valence-electron chi connectivity index (χ0n) is 15.8. The summed E-state index contributed by atoms with van der Waals surface area (Å²) >= 11 is 6.39. The maximum Gasteiger partial charge on any atom is 0.249 e. The first kappa shape index (κ1) is 19.5. The average Bonchev–Trinajstić information content (AvgIpc) is 3.04. The van der Waals surface area contributed by atoms with Gasteiger partial charge in [-0.3, -0.25) is 4.79 Å². The van der Waals surface area contributed by atoms with E-state index in [1.807, 2.05) is 24.8 Å². The molecule has 0 unspecified atom stereocenters. The summed E-state index contributed by atoms with van der Waals surface area (Å²) in [5.41, 5.74) is 2.26. The molecule has 0 saturated carbocycles. The Kier molecular flexibility index (Phi) is 5.95. The molecule has 1 N–H and O–H groups in total. The van der Waals surface area contributed by atoms with Crippen molar-refractivity contribution in [3.05, 3.63) is 46.6 Å². The van der Waals surface area contributed by atoms with Gasteiger partial charge in [-0.15, -0.1) is 0 Å². The van der Waals surface area contributed by atoms with Crippen LogP contribution >= 0.6 is 11.6 Å². The van der Waals surface area contributed by atoms with Crippen LogP contribution in [0.4, 0.5) is 4.39 Å². The summed E-state index contributed by atoms with van der Waals surface area (Å²) in [6, 6.07) is 2.92. The van der Waals surface area contributed by atoms with Gasteiger partial charge in [0.25, 0.3) is 0 Å². The summed E-state index contributed by atoms with van der Waals surface area (Å²) in [6.45, 7) is 7.39. The molecule has 1 aliphatic rings. The minimum Gasteiger partial charge on any atom is -0.339 e. The Balaban J connectivity index is 1.77. The molecule has 0 aromatic carbocycles. The van der Waals surface area contributed by atoms with Gasteiger partial charge in [0.05, 0.1) is 11.9 Å². The lowest BCUT2D eigenvalue weighted by Crippen LogP contribution is -2.42. The number of allylic oxidation sites excluding steroid dienone is 1. The second-order valence-electron chi connectivity index (χ2n) is 6.94. The van der Waals surface area contributed by atoms with Gasteiger partial charge in [-0.2, -0.15) is 0 Å². The molecule has 1 fully saturated rings. The highest BCUT2D eigenvalue weighted by Crippen LogP contribution is 2.36. The van der Waals surface area contributed by atoms with Crippen LogP contribution in [0.15, 0.2) is 30.0 Å². The van der Waals surface area contributed by atoms with Gasteiger partial charge in [0, 0.05) is 24.6 Å². The normalized spacial score (nSPS) is 20.8. The highest BCUT2D eigenvalue weighted by atomic mass is 35.5. The molecule has 7 heteroatoms. The Morgan fingerprint density at radius 3 is 2.85 bits per heavy atom. The number of hydrogen-bond donors (Lipinski definition) is 1. The Morgan fingerprint density at radius 2 is 2.26 bits per heavy atom. The van der Waals surface area contributed by atoms with Crippen LogP contribution in [-0.4, -0.2) is 38.8 Å². The number of imidazole rings is 1. The van der Waals surface area contributed by atoms with Crippen LogP contribution < -0.4 is 0 Å². The van der Waals surface area contributed by atoms with Gasteiger partial charge in [0.1, 0.15) is 11.5 Å². The molecule has 27 heavy (non-hydrogen) atoms. The summed E-state index contributed by atoms with van der Waals surface area (Å²) in [5, 5.41) is 0.412. The van der Waals surface area contributed by atoms with E-state index in [0.29, 0.717) is 29.8 Å². The quantitative estimate of drug-likeness (QED) is 0.777. The van der Waals surface area contributed by atoms with Gasteiger partial charge in [-0.25, -0.2) is 14.4 Å². The lowest BCUT2D eigenvalue weighted by molar-refractivity contribution is -0.129. The smallest absolute Gasteiger partial charge is 0.249 e. The predicted octanol–water partition coefficient (Wildman–Crippen LogP) is 4.57. The molecule has 0 aliphatic carbocycles. The lowest BCUT2D eigenvalue weighted by atomic mass is 9.84. The molecule has 1 aliphatic heterocycles. The maximum atomic E-state index is 13.1. The van der Waals surface area contributed by atoms with E-state index >= 15 is 0 Å². The number of carbonyl (C=O) groups is 1. The number of amides is 1. The Bertz CT molecular complexity index is 846. The third kappa shape index (κ3) is 4.05. The molecular formula is C20H24ClFN4O. The number of aromatic nitrogens is 3. The van der Waals surface area contributed by atoms with E-state index in [9.17, 15) is 9.18 Å². The van der Waals surface area contributed by atoms with Crippen LogP contribution in [0.1, 0.15) is 45.2 Å². The number of halogens is 2. The highest BCUT2D eigenvalue weighted by molar-refractivity contribution is 6.30. The molecule has 144 valence electrons. The van der Waals surface area contributed by atoms with Crippen molar-refractivity contribution in [3.8, 4) is 11.5 Å². The summed E-state index contributed by atoms with van der Waals surface area (Å²) in [6.07, 6.45) is 4.60. The molecule has 1 saturated heterocycles. The first-order valence-electron chi connectivity index (χ1n) is 9.26. The molecule has 0 bridgehead atoms. The fourth-order valence-corrected chi connectivity index (χ4v) is 3.96. The largest absolute Gasteiger partial charge is 0.339 e. The van der Waals surface area contributed by atoms with Crippen molar-refractivity contribution in [3.63, 3.8) is 0 Å². The first-order valence-corrected chi connectivity index (χ1v) is 9.64. The number of piperidine rings is 1. The van der Waals surface area contributed by atoms with Crippen molar-refractivity contribution in [2.45, 2.75) is 39.5 Å². The number of pyridine rings is 1. The van der Waals surface area contributed by atoms with Crippen molar-refractivity contribution in [2.24, 2.45) is 5.92 Å². The number of nitrogens with one attached hydrogen (secondary N) is 1. The maximum absolute atomic E-state index is 13.1. The van der Waals surface area contributed by atoms with E-state index in [2.05, 4.69) is 21.9 Å². The SMILES string of the molecule is C/C=C(/CC)C(=O)N1CC[C@@H](c2[nH]c(-c3ccc(F)cn3)nc2Cl)[C@@H](C)C1. The first-order chi connectivity index (χ1) is 12.9. The monoisotopic (exact) mass is 390 g/mol. The van der Waals surface area contributed by atoms with Crippen LogP contribution in [0.3, 0.4) is 0 Å². The summed E-state index contributed by atoms with van der Waals surface area (Å²) in [5.74, 6) is 0.679. The van der Waals surface area contributed by atoms with E-state index in [1.165, 1.54) is 6.07 Å². The third-order valence-electron chi connectivity index (χ3n) is 5.22. The van der Waals surface area contributed by atoms with Gasteiger partial charge >= 0.3 is 0 Å². The summed E-state index contributed by atoms with van der Waals surface area (Å²) in [7, 11) is 0. The second kappa shape index (κ2) is 8.21. The number of nitrogens with zero attached hydrogens (tertiary/aromatic N) is 3. The summed E-state index contributed by atoms with van der Waals surface area (Å²) < 4.78 is 13.1. The van der Waals surface area contributed by atoms with E-state index in [-0.39, 0.29) is 17.7 Å². The molecule has 0 spiro atoms. The van der Waals surface area contributed by atoms with Crippen molar-refractivity contribution in [2.75, 3.05) is 13.1 Å². The molecular weight excluding hydrogens is 367 g/mol. The molecule has 2 aromatic rings. The average molecular weight is 391 g/mol. The molecule has 5 nitrogen and oxygen atoms in total. The molecule has 1 amide bonds. The zero-order valence-corrected chi connectivity index (χ0v) is 16.6. The van der Waals surface area contributed by atoms with Gasteiger partial charge in [0.2, 0.25) is 5.91 Å². The van der Waals surface area contributed by atoms with Crippen LogP contribution in [-0.2, 0) is 4.79 Å². The molecule has 2 aromatic heterocycles. The van der Waals surface area contributed by atoms with Gasteiger partial charge in [-0.05, 0) is 37.8 Å². The van der Waals surface area contributed by atoms with Gasteiger partial charge in [-0.1, -0.05) is 31.5 Å². The van der Waals surface area contributed by atoms with Gasteiger partial charge < -0.3 is 9.88 Å². The van der Waals surface area contributed by atoms with Crippen molar-refractivity contribution < 1.29 is 9.18 Å². The number of likely N-dealkylation sites (tertiary alicyclic amines) is 1. The highest BCUT2D eigenvalue weighted by Gasteiger charge is 2.33. The van der Waals surface area contributed by atoms with Gasteiger partial charge in [0.15, 0.2) is 11.0 Å². The van der Waals surface area contributed by atoms with E-state index < -0.39 is 5.82 Å². The van der Waals surface area contributed by atoms with E-state index in [0.717, 1.165) is 30.3 Å². The molecule has 2 atom stereocenters. The number of H-pyrrole nitrogens is 1.